The molecule has 5 heteroatoms. The molecule has 2 heterocycles. The molecule has 0 spiro atoms. The van der Waals surface area contributed by atoms with Crippen molar-refractivity contribution in [3.05, 3.63) is 59.2 Å². The lowest BCUT2D eigenvalue weighted by atomic mass is 9.92. The van der Waals surface area contributed by atoms with Crippen LogP contribution in [0.2, 0.25) is 0 Å². The molecular formula is C25H32N2O3. The Hall–Kier alpha value is -2.53. The van der Waals surface area contributed by atoms with Gasteiger partial charge in [-0.25, -0.2) is 0 Å². The van der Waals surface area contributed by atoms with Gasteiger partial charge in [0.2, 0.25) is 5.91 Å². The van der Waals surface area contributed by atoms with Gasteiger partial charge in [0.1, 0.15) is 11.5 Å². The van der Waals surface area contributed by atoms with Crippen LogP contribution < -0.4 is 9.47 Å². The summed E-state index contributed by atoms with van der Waals surface area (Å²) in [6.07, 6.45) is 5.43. The van der Waals surface area contributed by atoms with Gasteiger partial charge in [0.05, 0.1) is 20.3 Å². The van der Waals surface area contributed by atoms with Crippen LogP contribution in [0.4, 0.5) is 0 Å². The van der Waals surface area contributed by atoms with Crippen molar-refractivity contribution in [2.45, 2.75) is 51.2 Å². The number of carbonyl (C=O) groups excluding carboxylic acids is 1. The Balaban J connectivity index is 1.63. The smallest absolute Gasteiger partial charge is 0.240 e. The topological polar surface area (TPSA) is 42.0 Å². The maximum absolute atomic E-state index is 13.6. The average molecular weight is 409 g/mol. The molecule has 0 saturated carbocycles. The van der Waals surface area contributed by atoms with Crippen LogP contribution in [-0.2, 0) is 24.3 Å². The summed E-state index contributed by atoms with van der Waals surface area (Å²) in [7, 11) is 3.37. The van der Waals surface area contributed by atoms with Gasteiger partial charge in [-0.05, 0) is 48.6 Å². The number of hydrogen-bond donors (Lipinski definition) is 0. The van der Waals surface area contributed by atoms with Gasteiger partial charge < -0.3 is 14.4 Å². The highest BCUT2D eigenvalue weighted by Crippen LogP contribution is 2.31. The molecule has 0 unspecified atom stereocenters. The van der Waals surface area contributed by atoms with Crippen LogP contribution in [0, 0.1) is 0 Å². The molecule has 160 valence electrons. The van der Waals surface area contributed by atoms with E-state index in [2.05, 4.69) is 34.1 Å². The van der Waals surface area contributed by atoms with E-state index in [-0.39, 0.29) is 11.9 Å². The predicted molar refractivity (Wildman–Crippen MR) is 118 cm³/mol. The fourth-order valence-electron chi connectivity index (χ4n) is 4.71. The first-order valence-electron chi connectivity index (χ1n) is 11.0. The first kappa shape index (κ1) is 20.7. The summed E-state index contributed by atoms with van der Waals surface area (Å²) < 4.78 is 11.0. The lowest BCUT2D eigenvalue weighted by Gasteiger charge is -2.38. The Bertz CT molecular complexity index is 874. The van der Waals surface area contributed by atoms with E-state index in [1.54, 1.807) is 14.2 Å². The van der Waals surface area contributed by atoms with E-state index in [1.165, 1.54) is 24.0 Å². The number of benzene rings is 2. The molecule has 4 rings (SSSR count). The highest BCUT2D eigenvalue weighted by Gasteiger charge is 2.34. The molecule has 0 radical (unpaired) electrons. The molecule has 1 fully saturated rings. The van der Waals surface area contributed by atoms with Gasteiger partial charge in [-0.2, -0.15) is 0 Å². The average Bonchev–Trinajstić information content (AvgIpc) is 3.07. The molecule has 1 atom stereocenters. The molecule has 0 aromatic heterocycles. The van der Waals surface area contributed by atoms with E-state index >= 15 is 0 Å². The van der Waals surface area contributed by atoms with Gasteiger partial charge in [0, 0.05) is 31.7 Å². The van der Waals surface area contributed by atoms with E-state index in [4.69, 9.17) is 9.47 Å². The second kappa shape index (κ2) is 9.52. The normalized spacial score (nSPS) is 19.7. The van der Waals surface area contributed by atoms with Gasteiger partial charge in [0.15, 0.2) is 0 Å². The molecular weight excluding hydrogens is 376 g/mol. The summed E-state index contributed by atoms with van der Waals surface area (Å²) in [6, 6.07) is 14.2. The van der Waals surface area contributed by atoms with Crippen LogP contribution in [0.5, 0.6) is 11.5 Å². The van der Waals surface area contributed by atoms with Gasteiger partial charge in [0.25, 0.3) is 0 Å². The number of hydrogen-bond acceptors (Lipinski definition) is 4. The molecule has 5 nitrogen and oxygen atoms in total. The third kappa shape index (κ3) is 4.46. The number of rotatable bonds is 5. The Morgan fingerprint density at radius 2 is 1.70 bits per heavy atom. The largest absolute Gasteiger partial charge is 0.497 e. The third-order valence-electron chi connectivity index (χ3n) is 6.41. The number of fused-ring (bicyclic) bond motifs is 1. The van der Waals surface area contributed by atoms with Crippen molar-refractivity contribution >= 4 is 5.91 Å². The Kier molecular flexibility index (Phi) is 6.58. The zero-order valence-corrected chi connectivity index (χ0v) is 18.1. The quantitative estimate of drug-likeness (QED) is 0.749. The predicted octanol–water partition coefficient (Wildman–Crippen LogP) is 4.03. The van der Waals surface area contributed by atoms with Crippen molar-refractivity contribution < 1.29 is 14.3 Å². The van der Waals surface area contributed by atoms with Crippen molar-refractivity contribution in [3.63, 3.8) is 0 Å². The number of likely N-dealkylation sites (tertiary alicyclic amines) is 1. The standard InChI is InChI=1S/C25H32N2O3/c1-29-22-11-12-24(30-2)21(15-22)18-27-17-20-10-6-5-9-19(20)16-23(27)25(28)26-13-7-3-4-8-14-26/h5-6,9-12,15,23H,3-4,7-8,13-14,16-18H2,1-2H3/t23-/m0/s1. The van der Waals surface area contributed by atoms with Crippen LogP contribution in [0.1, 0.15) is 42.4 Å². The second-order valence-corrected chi connectivity index (χ2v) is 8.31. The minimum Gasteiger partial charge on any atom is -0.497 e. The van der Waals surface area contributed by atoms with Gasteiger partial charge in [-0.3, -0.25) is 9.69 Å². The molecule has 0 bridgehead atoms. The monoisotopic (exact) mass is 408 g/mol. The van der Waals surface area contributed by atoms with Crippen LogP contribution >= 0.6 is 0 Å². The number of ether oxygens (including phenoxy) is 2. The van der Waals surface area contributed by atoms with Gasteiger partial charge in [-0.1, -0.05) is 37.1 Å². The first-order chi connectivity index (χ1) is 14.7. The summed E-state index contributed by atoms with van der Waals surface area (Å²) in [6.45, 7) is 3.18. The Labute approximate surface area is 179 Å². The van der Waals surface area contributed by atoms with Crippen molar-refractivity contribution in [1.29, 1.82) is 0 Å². The van der Waals surface area contributed by atoms with Crippen molar-refractivity contribution in [2.24, 2.45) is 0 Å². The van der Waals surface area contributed by atoms with Gasteiger partial charge in [-0.15, -0.1) is 0 Å². The maximum atomic E-state index is 13.6. The summed E-state index contributed by atoms with van der Waals surface area (Å²) in [4.78, 5) is 18.0. The van der Waals surface area contributed by atoms with Crippen LogP contribution in [-0.4, -0.2) is 49.1 Å². The van der Waals surface area contributed by atoms with E-state index in [1.807, 2.05) is 18.2 Å². The second-order valence-electron chi connectivity index (χ2n) is 8.31. The fourth-order valence-corrected chi connectivity index (χ4v) is 4.71. The summed E-state index contributed by atoms with van der Waals surface area (Å²) in [5.41, 5.74) is 3.64. The first-order valence-corrected chi connectivity index (χ1v) is 11.0. The third-order valence-corrected chi connectivity index (χ3v) is 6.41. The lowest BCUT2D eigenvalue weighted by Crippen LogP contribution is -2.51. The van der Waals surface area contributed by atoms with E-state index in [0.717, 1.165) is 56.0 Å². The number of amides is 1. The Morgan fingerprint density at radius 1 is 0.967 bits per heavy atom. The molecule has 1 amide bonds. The number of carbonyl (C=O) groups is 1. The molecule has 30 heavy (non-hydrogen) atoms. The SMILES string of the molecule is COc1ccc(OC)c(CN2Cc3ccccc3C[C@H]2C(=O)N2CCCCCC2)c1. The minimum atomic E-state index is -0.145. The summed E-state index contributed by atoms with van der Waals surface area (Å²) >= 11 is 0. The molecule has 2 aliphatic heterocycles. The van der Waals surface area contributed by atoms with Crippen LogP contribution in [0.3, 0.4) is 0 Å². The Morgan fingerprint density at radius 3 is 2.40 bits per heavy atom. The van der Waals surface area contributed by atoms with E-state index < -0.39 is 0 Å². The molecule has 1 saturated heterocycles. The molecule has 2 aromatic rings. The van der Waals surface area contributed by atoms with Crippen molar-refractivity contribution in [2.75, 3.05) is 27.3 Å². The molecule has 2 aliphatic rings. The summed E-state index contributed by atoms with van der Waals surface area (Å²) in [5.74, 6) is 1.91. The van der Waals surface area contributed by atoms with Crippen molar-refractivity contribution in [1.82, 2.24) is 9.80 Å². The van der Waals surface area contributed by atoms with Crippen LogP contribution in [0.15, 0.2) is 42.5 Å². The summed E-state index contributed by atoms with van der Waals surface area (Å²) in [5, 5.41) is 0. The molecule has 0 N–H and O–H groups in total. The number of nitrogens with zero attached hydrogens (tertiary/aromatic N) is 2. The highest BCUT2D eigenvalue weighted by molar-refractivity contribution is 5.82. The van der Waals surface area contributed by atoms with Crippen molar-refractivity contribution in [3.8, 4) is 11.5 Å². The maximum Gasteiger partial charge on any atom is 0.240 e. The molecule has 2 aromatic carbocycles. The highest BCUT2D eigenvalue weighted by atomic mass is 16.5. The fraction of sp³-hybridized carbons (Fsp3) is 0.480. The van der Waals surface area contributed by atoms with E-state index in [9.17, 15) is 4.79 Å². The van der Waals surface area contributed by atoms with Gasteiger partial charge >= 0.3 is 0 Å². The van der Waals surface area contributed by atoms with E-state index in [0.29, 0.717) is 6.54 Å². The zero-order valence-electron chi connectivity index (χ0n) is 18.1. The minimum absolute atomic E-state index is 0.145. The number of methoxy groups -OCH3 is 2. The molecule has 0 aliphatic carbocycles. The van der Waals surface area contributed by atoms with Crippen LogP contribution in [0.25, 0.3) is 0 Å². The lowest BCUT2D eigenvalue weighted by molar-refractivity contribution is -0.138. The zero-order chi connectivity index (χ0) is 20.9.